The summed E-state index contributed by atoms with van der Waals surface area (Å²) < 4.78 is 5.82. The van der Waals surface area contributed by atoms with Gasteiger partial charge in [0.05, 0.1) is 0 Å². The van der Waals surface area contributed by atoms with Gasteiger partial charge in [-0.15, -0.1) is 0 Å². The summed E-state index contributed by atoms with van der Waals surface area (Å²) in [6.45, 7) is 2.05. The second-order valence-electron chi connectivity index (χ2n) is 4.62. The lowest BCUT2D eigenvalue weighted by molar-refractivity contribution is 0.619. The summed E-state index contributed by atoms with van der Waals surface area (Å²) in [6.07, 6.45) is 2.11. The van der Waals surface area contributed by atoms with Gasteiger partial charge in [0.15, 0.2) is 5.58 Å². The molecule has 0 saturated heterocycles. The molecule has 0 bridgehead atoms. The molecule has 0 spiro atoms. The van der Waals surface area contributed by atoms with Crippen molar-refractivity contribution in [2.45, 2.75) is 12.7 Å². The molecular formula is C16H15NOS. The van der Waals surface area contributed by atoms with E-state index in [1.54, 1.807) is 0 Å². The first-order valence-corrected chi connectivity index (χ1v) is 7.61. The number of hydrogen-bond donors (Lipinski definition) is 0. The van der Waals surface area contributed by atoms with Crippen molar-refractivity contribution in [3.63, 3.8) is 0 Å². The zero-order chi connectivity index (χ0) is 13.2. The van der Waals surface area contributed by atoms with Crippen LogP contribution in [0.4, 0.5) is 0 Å². The van der Waals surface area contributed by atoms with Crippen LogP contribution in [0.2, 0.25) is 0 Å². The molecule has 0 aliphatic heterocycles. The van der Waals surface area contributed by atoms with Crippen molar-refractivity contribution < 1.29 is 4.42 Å². The molecule has 3 heteroatoms. The number of oxazole rings is 1. The van der Waals surface area contributed by atoms with Crippen LogP contribution in [0.15, 0.2) is 46.9 Å². The highest BCUT2D eigenvalue weighted by molar-refractivity contribution is 7.97. The van der Waals surface area contributed by atoms with Crippen LogP contribution in [0.3, 0.4) is 0 Å². The quantitative estimate of drug-likeness (QED) is 0.691. The number of rotatable bonds is 3. The topological polar surface area (TPSA) is 26.0 Å². The number of aryl methyl sites for hydroxylation is 1. The molecule has 0 N–H and O–H groups in total. The summed E-state index contributed by atoms with van der Waals surface area (Å²) in [5.41, 5.74) is 5.30. The van der Waals surface area contributed by atoms with Crippen LogP contribution in [0.1, 0.15) is 11.1 Å². The van der Waals surface area contributed by atoms with E-state index in [-0.39, 0.29) is 0 Å². The molecule has 0 radical (unpaired) electrons. The summed E-state index contributed by atoms with van der Waals surface area (Å²) in [6, 6.07) is 14.5. The predicted octanol–water partition coefficient (Wildman–Crippen LogP) is 4.67. The lowest BCUT2D eigenvalue weighted by Gasteiger charge is -1.99. The number of thioether (sulfide) groups is 1. The molecule has 0 amide bonds. The van der Waals surface area contributed by atoms with Gasteiger partial charge in [0.25, 0.3) is 0 Å². The lowest BCUT2D eigenvalue weighted by Crippen LogP contribution is -1.81. The largest absolute Gasteiger partial charge is 0.436 e. The average Bonchev–Trinajstić information content (AvgIpc) is 2.83. The highest BCUT2D eigenvalue weighted by Crippen LogP contribution is 2.25. The minimum Gasteiger partial charge on any atom is -0.436 e. The van der Waals surface area contributed by atoms with Crippen LogP contribution in [0, 0.1) is 6.92 Å². The van der Waals surface area contributed by atoms with E-state index in [0.717, 1.165) is 22.4 Å². The van der Waals surface area contributed by atoms with E-state index in [1.807, 2.05) is 23.9 Å². The molecule has 1 heterocycles. The van der Waals surface area contributed by atoms with Gasteiger partial charge in [0, 0.05) is 11.3 Å². The van der Waals surface area contributed by atoms with Gasteiger partial charge < -0.3 is 4.42 Å². The summed E-state index contributed by atoms with van der Waals surface area (Å²) in [5.74, 6) is 1.73. The maximum Gasteiger partial charge on any atom is 0.227 e. The summed E-state index contributed by atoms with van der Waals surface area (Å²) in [7, 11) is 0. The first kappa shape index (κ1) is 12.3. The Morgan fingerprint density at radius 3 is 2.63 bits per heavy atom. The molecule has 3 rings (SSSR count). The second kappa shape index (κ2) is 5.10. The maximum atomic E-state index is 5.82. The molecular weight excluding hydrogens is 254 g/mol. The molecule has 1 aromatic heterocycles. The molecule has 3 aromatic rings. The third kappa shape index (κ3) is 2.51. The molecule has 0 fully saturated rings. The highest BCUT2D eigenvalue weighted by atomic mass is 32.2. The number of benzene rings is 2. The number of hydrogen-bond acceptors (Lipinski definition) is 3. The Hall–Kier alpha value is -1.74. The van der Waals surface area contributed by atoms with Crippen molar-refractivity contribution >= 4 is 22.9 Å². The van der Waals surface area contributed by atoms with Gasteiger partial charge in [-0.05, 0) is 48.6 Å². The monoisotopic (exact) mass is 269 g/mol. The van der Waals surface area contributed by atoms with Crippen molar-refractivity contribution in [2.75, 3.05) is 6.26 Å². The van der Waals surface area contributed by atoms with Crippen molar-refractivity contribution in [1.82, 2.24) is 4.98 Å². The molecule has 96 valence electrons. The van der Waals surface area contributed by atoms with Crippen LogP contribution in [-0.2, 0) is 5.75 Å². The molecule has 2 aromatic carbocycles. The van der Waals surface area contributed by atoms with Gasteiger partial charge in [-0.25, -0.2) is 4.98 Å². The van der Waals surface area contributed by atoms with Crippen molar-refractivity contribution in [3.05, 3.63) is 53.6 Å². The minimum absolute atomic E-state index is 0.691. The number of aromatic nitrogens is 1. The fraction of sp³-hybridized carbons (Fsp3) is 0.188. The van der Waals surface area contributed by atoms with E-state index in [9.17, 15) is 0 Å². The van der Waals surface area contributed by atoms with E-state index in [4.69, 9.17) is 4.42 Å². The van der Waals surface area contributed by atoms with Gasteiger partial charge in [0.1, 0.15) is 5.52 Å². The van der Waals surface area contributed by atoms with Crippen molar-refractivity contribution in [3.8, 4) is 11.5 Å². The third-order valence-electron chi connectivity index (χ3n) is 3.06. The Balaban J connectivity index is 1.99. The van der Waals surface area contributed by atoms with Gasteiger partial charge in [-0.1, -0.05) is 18.2 Å². The highest BCUT2D eigenvalue weighted by Gasteiger charge is 2.08. The molecule has 0 aliphatic rings. The molecule has 0 unspecified atom stereocenters. The van der Waals surface area contributed by atoms with Gasteiger partial charge >= 0.3 is 0 Å². The Morgan fingerprint density at radius 2 is 1.89 bits per heavy atom. The summed E-state index contributed by atoms with van der Waals surface area (Å²) >= 11 is 1.82. The SMILES string of the molecule is CSCc1ccc(-c2nc3ccc(C)cc3o2)cc1. The fourth-order valence-electron chi connectivity index (χ4n) is 2.07. The van der Waals surface area contributed by atoms with E-state index >= 15 is 0 Å². The average molecular weight is 269 g/mol. The lowest BCUT2D eigenvalue weighted by atomic mass is 10.1. The maximum absolute atomic E-state index is 5.82. The van der Waals surface area contributed by atoms with Gasteiger partial charge in [-0.2, -0.15) is 11.8 Å². The Morgan fingerprint density at radius 1 is 1.11 bits per heavy atom. The van der Waals surface area contributed by atoms with E-state index in [0.29, 0.717) is 5.89 Å². The summed E-state index contributed by atoms with van der Waals surface area (Å²) in [5, 5.41) is 0. The second-order valence-corrected chi connectivity index (χ2v) is 5.49. The van der Waals surface area contributed by atoms with E-state index < -0.39 is 0 Å². The zero-order valence-corrected chi connectivity index (χ0v) is 11.8. The van der Waals surface area contributed by atoms with Gasteiger partial charge in [-0.3, -0.25) is 0 Å². The van der Waals surface area contributed by atoms with E-state index in [1.165, 1.54) is 11.1 Å². The van der Waals surface area contributed by atoms with Crippen molar-refractivity contribution in [1.29, 1.82) is 0 Å². The fourth-order valence-corrected chi connectivity index (χ4v) is 2.59. The predicted molar refractivity (Wildman–Crippen MR) is 81.4 cm³/mol. The van der Waals surface area contributed by atoms with Gasteiger partial charge in [0.2, 0.25) is 5.89 Å². The molecule has 2 nitrogen and oxygen atoms in total. The molecule has 19 heavy (non-hydrogen) atoms. The zero-order valence-electron chi connectivity index (χ0n) is 11.0. The van der Waals surface area contributed by atoms with Crippen LogP contribution in [-0.4, -0.2) is 11.2 Å². The molecule has 0 atom stereocenters. The Kier molecular flexibility index (Phi) is 3.30. The third-order valence-corrected chi connectivity index (χ3v) is 3.68. The van der Waals surface area contributed by atoms with Crippen LogP contribution in [0.5, 0.6) is 0 Å². The number of fused-ring (bicyclic) bond motifs is 1. The van der Waals surface area contributed by atoms with Crippen molar-refractivity contribution in [2.24, 2.45) is 0 Å². The molecule has 0 aliphatic carbocycles. The van der Waals surface area contributed by atoms with Crippen LogP contribution < -0.4 is 0 Å². The Labute approximate surface area is 116 Å². The minimum atomic E-state index is 0.691. The smallest absolute Gasteiger partial charge is 0.227 e. The first-order valence-electron chi connectivity index (χ1n) is 6.22. The standard InChI is InChI=1S/C16H15NOS/c1-11-3-8-14-15(9-11)18-16(17-14)13-6-4-12(5-7-13)10-19-2/h3-9H,10H2,1-2H3. The number of nitrogens with zero attached hydrogens (tertiary/aromatic N) is 1. The Bertz CT molecular complexity index is 700. The van der Waals surface area contributed by atoms with Crippen LogP contribution >= 0.6 is 11.8 Å². The first-order chi connectivity index (χ1) is 9.26. The summed E-state index contributed by atoms with van der Waals surface area (Å²) in [4.78, 5) is 4.53. The molecule has 0 saturated carbocycles. The van der Waals surface area contributed by atoms with E-state index in [2.05, 4.69) is 48.5 Å². The van der Waals surface area contributed by atoms with Crippen LogP contribution in [0.25, 0.3) is 22.6 Å². The normalized spacial score (nSPS) is 11.1.